The summed E-state index contributed by atoms with van der Waals surface area (Å²) in [6.07, 6.45) is 0.631. The second-order valence-corrected chi connectivity index (χ2v) is 6.45. The Labute approximate surface area is 162 Å². The van der Waals surface area contributed by atoms with Gasteiger partial charge >= 0.3 is 6.61 Å². The summed E-state index contributed by atoms with van der Waals surface area (Å²) in [6, 6.07) is 13.8. The highest BCUT2D eigenvalue weighted by molar-refractivity contribution is 5.76. The molecule has 0 fully saturated rings. The van der Waals surface area contributed by atoms with Crippen LogP contribution in [-0.2, 0) is 11.2 Å². The van der Waals surface area contributed by atoms with Crippen molar-refractivity contribution in [2.75, 3.05) is 19.7 Å². The van der Waals surface area contributed by atoms with Crippen molar-refractivity contribution in [2.45, 2.75) is 32.5 Å². The summed E-state index contributed by atoms with van der Waals surface area (Å²) >= 11 is 0. The van der Waals surface area contributed by atoms with Crippen LogP contribution < -0.4 is 14.2 Å². The lowest BCUT2D eigenvalue weighted by molar-refractivity contribution is -0.132. The maximum atomic E-state index is 12.6. The third-order valence-corrected chi connectivity index (χ3v) is 4.50. The highest BCUT2D eigenvalue weighted by atomic mass is 19.3. The molecule has 1 aliphatic rings. The van der Waals surface area contributed by atoms with Gasteiger partial charge in [0.2, 0.25) is 5.91 Å². The molecule has 0 spiro atoms. The van der Waals surface area contributed by atoms with Crippen molar-refractivity contribution < 1.29 is 27.8 Å². The Bertz CT molecular complexity index is 782. The van der Waals surface area contributed by atoms with Crippen LogP contribution in [0.1, 0.15) is 18.9 Å². The van der Waals surface area contributed by atoms with Gasteiger partial charge in [-0.05, 0) is 43.2 Å². The summed E-state index contributed by atoms with van der Waals surface area (Å²) in [5, 5.41) is 0. The van der Waals surface area contributed by atoms with E-state index in [-0.39, 0.29) is 17.8 Å². The van der Waals surface area contributed by atoms with Gasteiger partial charge < -0.3 is 19.1 Å². The quantitative estimate of drug-likeness (QED) is 0.685. The number of hydrogen-bond donors (Lipinski definition) is 0. The number of para-hydroxylation sites is 2. The van der Waals surface area contributed by atoms with Crippen LogP contribution in [0, 0.1) is 0 Å². The van der Waals surface area contributed by atoms with E-state index in [9.17, 15) is 13.6 Å². The number of alkyl halides is 2. The second-order valence-electron chi connectivity index (χ2n) is 6.45. The van der Waals surface area contributed by atoms with E-state index in [0.717, 1.165) is 5.56 Å². The molecule has 0 bridgehead atoms. The maximum absolute atomic E-state index is 12.6. The molecule has 2 aromatic rings. The van der Waals surface area contributed by atoms with E-state index in [0.29, 0.717) is 44.0 Å². The van der Waals surface area contributed by atoms with Crippen LogP contribution in [-0.4, -0.2) is 43.2 Å². The van der Waals surface area contributed by atoms with Crippen LogP contribution in [0.5, 0.6) is 17.2 Å². The molecule has 1 heterocycles. The van der Waals surface area contributed by atoms with Gasteiger partial charge in [0, 0.05) is 13.0 Å². The molecule has 0 aliphatic carbocycles. The Morgan fingerprint density at radius 3 is 2.57 bits per heavy atom. The Morgan fingerprint density at radius 2 is 1.89 bits per heavy atom. The predicted octanol–water partition coefficient (Wildman–Crippen LogP) is 3.91. The van der Waals surface area contributed by atoms with Gasteiger partial charge in [-0.1, -0.05) is 24.3 Å². The number of rotatable bonds is 8. The SMILES string of the molecule is CCN(CC1COc2ccccc2O1)C(=O)CCc1ccc(OC(F)F)cc1. The minimum absolute atomic E-state index is 0.0119. The molecule has 2 aromatic carbocycles. The number of aryl methyl sites for hydroxylation is 1. The zero-order chi connectivity index (χ0) is 19.9. The van der Waals surface area contributed by atoms with Crippen LogP contribution in [0.15, 0.2) is 48.5 Å². The van der Waals surface area contributed by atoms with Crippen LogP contribution >= 0.6 is 0 Å². The summed E-state index contributed by atoms with van der Waals surface area (Å²) < 4.78 is 40.3. The van der Waals surface area contributed by atoms with Crippen molar-refractivity contribution >= 4 is 5.91 Å². The molecule has 0 saturated carbocycles. The fraction of sp³-hybridized carbons (Fsp3) is 0.381. The van der Waals surface area contributed by atoms with Crippen molar-refractivity contribution in [2.24, 2.45) is 0 Å². The number of hydrogen-bond acceptors (Lipinski definition) is 4. The molecule has 1 aliphatic heterocycles. The molecular formula is C21H23F2NO4. The van der Waals surface area contributed by atoms with E-state index >= 15 is 0 Å². The number of carbonyl (C=O) groups is 1. The van der Waals surface area contributed by atoms with Crippen LogP contribution in [0.4, 0.5) is 8.78 Å². The number of nitrogens with zero attached hydrogens (tertiary/aromatic N) is 1. The van der Waals surface area contributed by atoms with E-state index in [1.807, 2.05) is 31.2 Å². The largest absolute Gasteiger partial charge is 0.486 e. The Morgan fingerprint density at radius 1 is 1.18 bits per heavy atom. The van der Waals surface area contributed by atoms with Gasteiger partial charge in [0.25, 0.3) is 0 Å². The van der Waals surface area contributed by atoms with Gasteiger partial charge in [-0.3, -0.25) is 4.79 Å². The monoisotopic (exact) mass is 391 g/mol. The topological polar surface area (TPSA) is 48.0 Å². The van der Waals surface area contributed by atoms with Crippen molar-refractivity contribution in [3.8, 4) is 17.2 Å². The van der Waals surface area contributed by atoms with Gasteiger partial charge in [-0.2, -0.15) is 8.78 Å². The fourth-order valence-electron chi connectivity index (χ4n) is 3.05. The van der Waals surface area contributed by atoms with Crippen LogP contribution in [0.2, 0.25) is 0 Å². The van der Waals surface area contributed by atoms with Crippen LogP contribution in [0.3, 0.4) is 0 Å². The lowest BCUT2D eigenvalue weighted by atomic mass is 10.1. The first-order valence-electron chi connectivity index (χ1n) is 9.25. The molecule has 0 aromatic heterocycles. The van der Waals surface area contributed by atoms with Gasteiger partial charge in [0.15, 0.2) is 17.6 Å². The highest BCUT2D eigenvalue weighted by Gasteiger charge is 2.24. The molecule has 1 atom stereocenters. The predicted molar refractivity (Wildman–Crippen MR) is 100 cm³/mol. The Hall–Kier alpha value is -2.83. The second kappa shape index (κ2) is 9.39. The van der Waals surface area contributed by atoms with E-state index < -0.39 is 6.61 Å². The number of ether oxygens (including phenoxy) is 3. The molecular weight excluding hydrogens is 368 g/mol. The summed E-state index contributed by atoms with van der Waals surface area (Å²) in [5.74, 6) is 1.52. The van der Waals surface area contributed by atoms with Gasteiger partial charge in [-0.15, -0.1) is 0 Å². The molecule has 0 radical (unpaired) electrons. The molecule has 0 N–H and O–H groups in total. The maximum Gasteiger partial charge on any atom is 0.387 e. The molecule has 7 heteroatoms. The van der Waals surface area contributed by atoms with Crippen molar-refractivity contribution in [1.82, 2.24) is 4.90 Å². The zero-order valence-electron chi connectivity index (χ0n) is 15.6. The highest BCUT2D eigenvalue weighted by Crippen LogP contribution is 2.31. The molecule has 1 amide bonds. The summed E-state index contributed by atoms with van der Waals surface area (Å²) in [7, 11) is 0. The van der Waals surface area contributed by atoms with Crippen molar-refractivity contribution in [3.63, 3.8) is 0 Å². The number of carbonyl (C=O) groups excluding carboxylic acids is 1. The lowest BCUT2D eigenvalue weighted by Crippen LogP contribution is -2.43. The van der Waals surface area contributed by atoms with Crippen LogP contribution in [0.25, 0.3) is 0 Å². The van der Waals surface area contributed by atoms with Crippen molar-refractivity contribution in [3.05, 3.63) is 54.1 Å². The molecule has 150 valence electrons. The third-order valence-electron chi connectivity index (χ3n) is 4.50. The molecule has 5 nitrogen and oxygen atoms in total. The molecule has 28 heavy (non-hydrogen) atoms. The van der Waals surface area contributed by atoms with Crippen molar-refractivity contribution in [1.29, 1.82) is 0 Å². The number of benzene rings is 2. The first kappa shape index (κ1) is 19.9. The summed E-state index contributed by atoms with van der Waals surface area (Å²) in [6.45, 7) is 0.494. The van der Waals surface area contributed by atoms with Gasteiger partial charge in [0.1, 0.15) is 12.4 Å². The van der Waals surface area contributed by atoms with E-state index in [4.69, 9.17) is 9.47 Å². The average molecular weight is 391 g/mol. The third kappa shape index (κ3) is 5.34. The minimum atomic E-state index is -2.84. The minimum Gasteiger partial charge on any atom is -0.486 e. The smallest absolute Gasteiger partial charge is 0.387 e. The van der Waals surface area contributed by atoms with E-state index in [2.05, 4.69) is 4.74 Å². The Balaban J connectivity index is 1.50. The number of amides is 1. The number of likely N-dealkylation sites (N-methyl/N-ethyl adjacent to an activating group) is 1. The average Bonchev–Trinajstić information content (AvgIpc) is 2.70. The number of fused-ring (bicyclic) bond motifs is 1. The van der Waals surface area contributed by atoms with E-state index in [1.54, 1.807) is 17.0 Å². The Kier molecular flexibility index (Phi) is 6.68. The molecule has 1 unspecified atom stereocenters. The summed E-state index contributed by atoms with van der Waals surface area (Å²) in [5.41, 5.74) is 0.886. The summed E-state index contributed by atoms with van der Waals surface area (Å²) in [4.78, 5) is 14.3. The molecule has 0 saturated heterocycles. The normalized spacial score (nSPS) is 15.4. The van der Waals surface area contributed by atoms with E-state index in [1.165, 1.54) is 12.1 Å². The zero-order valence-corrected chi connectivity index (χ0v) is 15.6. The first-order chi connectivity index (χ1) is 13.5. The van der Waals surface area contributed by atoms with Gasteiger partial charge in [0.05, 0.1) is 6.54 Å². The lowest BCUT2D eigenvalue weighted by Gasteiger charge is -2.31. The first-order valence-corrected chi connectivity index (χ1v) is 9.25. The standard InChI is InChI=1S/C21H23F2NO4/c1-2-24(13-17-14-26-18-5-3-4-6-19(18)27-17)20(25)12-9-15-7-10-16(11-8-15)28-21(22)23/h3-8,10-11,17,21H,2,9,12-14H2,1H3. The fourth-order valence-corrected chi connectivity index (χ4v) is 3.05. The number of halogens is 2. The van der Waals surface area contributed by atoms with Gasteiger partial charge in [-0.25, -0.2) is 0 Å². The molecule has 3 rings (SSSR count).